The van der Waals surface area contributed by atoms with E-state index >= 15 is 0 Å². The molecule has 0 spiro atoms. The minimum atomic E-state index is 0.621. The van der Waals surface area contributed by atoms with Crippen LogP contribution in [0.4, 0.5) is 17.6 Å². The van der Waals surface area contributed by atoms with Crippen molar-refractivity contribution in [1.29, 1.82) is 0 Å². The van der Waals surface area contributed by atoms with Crippen LogP contribution in [-0.4, -0.2) is 66.4 Å². The van der Waals surface area contributed by atoms with Crippen LogP contribution in [-0.2, 0) is 4.74 Å². The molecule has 1 saturated heterocycles. The number of benzene rings is 1. The summed E-state index contributed by atoms with van der Waals surface area (Å²) < 4.78 is 5.15. The van der Waals surface area contributed by atoms with E-state index in [2.05, 4.69) is 25.1 Å². The summed E-state index contributed by atoms with van der Waals surface area (Å²) in [5.74, 6) is 3.23. The number of rotatable bonds is 7. The molecule has 29 heavy (non-hydrogen) atoms. The lowest BCUT2D eigenvalue weighted by Crippen LogP contribution is -2.47. The van der Waals surface area contributed by atoms with Crippen molar-refractivity contribution < 1.29 is 4.74 Å². The lowest BCUT2D eigenvalue weighted by molar-refractivity contribution is 0.210. The molecule has 0 aliphatic carbocycles. The summed E-state index contributed by atoms with van der Waals surface area (Å²) >= 11 is 0. The number of hydrogen-bond donors (Lipinski definition) is 1. The largest absolute Gasteiger partial charge is 0.383 e. The SMILES string of the molecule is COCCNc1cc(N2CCN(c3ncccn3)CC2)nc(-c2ccccc2)n1. The number of piperazine rings is 1. The van der Waals surface area contributed by atoms with E-state index in [9.17, 15) is 0 Å². The summed E-state index contributed by atoms with van der Waals surface area (Å²) in [5.41, 5.74) is 1.00. The Hall–Kier alpha value is -3.26. The van der Waals surface area contributed by atoms with Gasteiger partial charge in [0.2, 0.25) is 5.95 Å². The van der Waals surface area contributed by atoms with Crippen molar-refractivity contribution in [2.24, 2.45) is 0 Å². The predicted octanol–water partition coefficient (Wildman–Crippen LogP) is 2.32. The molecule has 1 aromatic carbocycles. The highest BCUT2D eigenvalue weighted by molar-refractivity contribution is 5.62. The lowest BCUT2D eigenvalue weighted by Gasteiger charge is -2.35. The maximum Gasteiger partial charge on any atom is 0.225 e. The van der Waals surface area contributed by atoms with Crippen LogP contribution in [0, 0.1) is 0 Å². The van der Waals surface area contributed by atoms with Gasteiger partial charge in [0.25, 0.3) is 0 Å². The molecular weight excluding hydrogens is 366 g/mol. The molecule has 0 radical (unpaired) electrons. The van der Waals surface area contributed by atoms with Crippen LogP contribution in [0.5, 0.6) is 0 Å². The van der Waals surface area contributed by atoms with Gasteiger partial charge in [-0.1, -0.05) is 30.3 Å². The van der Waals surface area contributed by atoms with Gasteiger partial charge >= 0.3 is 0 Å². The fraction of sp³-hybridized carbons (Fsp3) is 0.333. The zero-order chi connectivity index (χ0) is 19.9. The van der Waals surface area contributed by atoms with E-state index in [1.54, 1.807) is 19.5 Å². The number of anilines is 3. The number of ether oxygens (including phenoxy) is 1. The van der Waals surface area contributed by atoms with Gasteiger partial charge in [0.15, 0.2) is 5.82 Å². The smallest absolute Gasteiger partial charge is 0.225 e. The molecule has 8 nitrogen and oxygen atoms in total. The highest BCUT2D eigenvalue weighted by Crippen LogP contribution is 2.24. The van der Waals surface area contributed by atoms with Crippen molar-refractivity contribution in [1.82, 2.24) is 19.9 Å². The van der Waals surface area contributed by atoms with Gasteiger partial charge in [-0.15, -0.1) is 0 Å². The Balaban J connectivity index is 1.53. The molecule has 2 aromatic heterocycles. The molecule has 8 heteroatoms. The molecule has 150 valence electrons. The zero-order valence-electron chi connectivity index (χ0n) is 16.5. The van der Waals surface area contributed by atoms with Crippen LogP contribution in [0.3, 0.4) is 0 Å². The molecular formula is C21H25N7O. The van der Waals surface area contributed by atoms with Gasteiger partial charge in [0, 0.05) is 63.9 Å². The Bertz CT molecular complexity index is 899. The van der Waals surface area contributed by atoms with E-state index in [4.69, 9.17) is 14.7 Å². The molecule has 4 rings (SSSR count). The summed E-state index contributed by atoms with van der Waals surface area (Å²) in [7, 11) is 1.69. The van der Waals surface area contributed by atoms with Gasteiger partial charge in [-0.2, -0.15) is 0 Å². The second-order valence-electron chi connectivity index (χ2n) is 6.74. The van der Waals surface area contributed by atoms with Crippen LogP contribution in [0.2, 0.25) is 0 Å². The van der Waals surface area contributed by atoms with Crippen molar-refractivity contribution >= 4 is 17.6 Å². The summed E-state index contributed by atoms with van der Waals surface area (Å²) in [6.45, 7) is 4.71. The lowest BCUT2D eigenvalue weighted by atomic mass is 10.2. The average Bonchev–Trinajstić information content (AvgIpc) is 2.80. The molecule has 3 aromatic rings. The van der Waals surface area contributed by atoms with Gasteiger partial charge < -0.3 is 19.9 Å². The third kappa shape index (κ3) is 4.78. The Kier molecular flexibility index (Phi) is 6.11. The number of aromatic nitrogens is 4. The number of nitrogens with zero attached hydrogens (tertiary/aromatic N) is 6. The zero-order valence-corrected chi connectivity index (χ0v) is 16.5. The third-order valence-electron chi connectivity index (χ3n) is 4.80. The van der Waals surface area contributed by atoms with Gasteiger partial charge in [0.05, 0.1) is 6.61 Å². The number of hydrogen-bond acceptors (Lipinski definition) is 8. The topological polar surface area (TPSA) is 79.3 Å². The maximum absolute atomic E-state index is 5.15. The number of nitrogens with one attached hydrogen (secondary N) is 1. The van der Waals surface area contributed by atoms with E-state index < -0.39 is 0 Å². The average molecular weight is 391 g/mol. The quantitative estimate of drug-likeness (QED) is 0.615. The monoisotopic (exact) mass is 391 g/mol. The molecule has 1 fully saturated rings. The standard InChI is InChI=1S/C21H25N7O/c1-29-15-10-22-18-16-19(26-20(25-18)17-6-3-2-4-7-17)27-11-13-28(14-12-27)21-23-8-5-9-24-21/h2-9,16H,10-15H2,1H3,(H,22,25,26). The molecule has 0 unspecified atom stereocenters. The van der Waals surface area contributed by atoms with Crippen LogP contribution >= 0.6 is 0 Å². The first kappa shape index (κ1) is 19.1. The van der Waals surface area contributed by atoms with E-state index in [1.165, 1.54) is 0 Å². The molecule has 0 bridgehead atoms. The van der Waals surface area contributed by atoms with Gasteiger partial charge in [-0.05, 0) is 6.07 Å². The van der Waals surface area contributed by atoms with Crippen molar-refractivity contribution in [3.8, 4) is 11.4 Å². The Morgan fingerprint density at radius 3 is 2.38 bits per heavy atom. The minimum absolute atomic E-state index is 0.621. The van der Waals surface area contributed by atoms with Crippen LogP contribution < -0.4 is 15.1 Å². The van der Waals surface area contributed by atoms with Gasteiger partial charge in [0.1, 0.15) is 11.6 Å². The second kappa shape index (κ2) is 9.29. The molecule has 0 amide bonds. The summed E-state index contributed by atoms with van der Waals surface area (Å²) in [5, 5.41) is 3.34. The Labute approximate surface area is 170 Å². The van der Waals surface area contributed by atoms with Crippen LogP contribution in [0.1, 0.15) is 0 Å². The first-order valence-electron chi connectivity index (χ1n) is 9.78. The second-order valence-corrected chi connectivity index (χ2v) is 6.74. The summed E-state index contributed by atoms with van der Waals surface area (Å²) in [6.07, 6.45) is 3.56. The molecule has 0 atom stereocenters. The van der Waals surface area contributed by atoms with Crippen molar-refractivity contribution in [3.05, 3.63) is 54.9 Å². The van der Waals surface area contributed by atoms with Crippen molar-refractivity contribution in [3.63, 3.8) is 0 Å². The Morgan fingerprint density at radius 1 is 0.931 bits per heavy atom. The van der Waals surface area contributed by atoms with E-state index in [1.807, 2.05) is 42.5 Å². The van der Waals surface area contributed by atoms with Crippen molar-refractivity contribution in [2.75, 3.05) is 61.6 Å². The minimum Gasteiger partial charge on any atom is -0.383 e. The van der Waals surface area contributed by atoms with Crippen LogP contribution in [0.15, 0.2) is 54.9 Å². The molecule has 1 N–H and O–H groups in total. The molecule has 3 heterocycles. The number of methoxy groups -OCH3 is 1. The summed E-state index contributed by atoms with van der Waals surface area (Å²) in [6, 6.07) is 13.9. The maximum atomic E-state index is 5.15. The first-order valence-corrected chi connectivity index (χ1v) is 9.78. The fourth-order valence-electron chi connectivity index (χ4n) is 3.27. The first-order chi connectivity index (χ1) is 14.3. The fourth-order valence-corrected chi connectivity index (χ4v) is 3.27. The molecule has 0 saturated carbocycles. The molecule has 1 aliphatic rings. The van der Waals surface area contributed by atoms with Gasteiger partial charge in [-0.3, -0.25) is 0 Å². The van der Waals surface area contributed by atoms with E-state index in [-0.39, 0.29) is 0 Å². The Morgan fingerprint density at radius 2 is 1.66 bits per heavy atom. The highest BCUT2D eigenvalue weighted by Gasteiger charge is 2.21. The summed E-state index contributed by atoms with van der Waals surface area (Å²) in [4.78, 5) is 22.8. The van der Waals surface area contributed by atoms with E-state index in [0.29, 0.717) is 13.2 Å². The van der Waals surface area contributed by atoms with Crippen molar-refractivity contribution in [2.45, 2.75) is 0 Å². The van der Waals surface area contributed by atoms with Gasteiger partial charge in [-0.25, -0.2) is 19.9 Å². The van der Waals surface area contributed by atoms with Crippen LogP contribution in [0.25, 0.3) is 11.4 Å². The third-order valence-corrected chi connectivity index (χ3v) is 4.80. The van der Waals surface area contributed by atoms with E-state index in [0.717, 1.165) is 55.2 Å². The predicted molar refractivity (Wildman–Crippen MR) is 114 cm³/mol. The molecule has 1 aliphatic heterocycles. The highest BCUT2D eigenvalue weighted by atomic mass is 16.5. The normalized spacial score (nSPS) is 14.1.